The van der Waals surface area contributed by atoms with Gasteiger partial charge in [-0.15, -0.1) is 22.7 Å². The number of nitrogens with zero attached hydrogens (tertiary/aromatic N) is 5. The Kier molecular flexibility index (Phi) is 8.88. The fourth-order valence-corrected chi connectivity index (χ4v) is 5.67. The molecule has 0 bridgehead atoms. The molecule has 0 radical (unpaired) electrons. The third-order valence-corrected chi connectivity index (χ3v) is 7.72. The lowest BCUT2D eigenvalue weighted by atomic mass is 10.1. The Bertz CT molecular complexity index is 1380. The number of carbonyl (C=O) groups is 3. The lowest BCUT2D eigenvalue weighted by Crippen LogP contribution is -2.61. The van der Waals surface area contributed by atoms with Crippen LogP contribution in [0.25, 0.3) is 10.6 Å². The van der Waals surface area contributed by atoms with E-state index in [0.29, 0.717) is 15.8 Å². The van der Waals surface area contributed by atoms with Gasteiger partial charge in [-0.1, -0.05) is 0 Å². The van der Waals surface area contributed by atoms with Crippen LogP contribution in [-0.4, -0.2) is 87.7 Å². The summed E-state index contributed by atoms with van der Waals surface area (Å²) in [4.78, 5) is 51.9. The minimum absolute atomic E-state index is 0.0262. The number of aryl methyl sites for hydroxylation is 2. The number of ether oxygens (including phenoxy) is 1. The Morgan fingerprint density at radius 1 is 1.18 bits per heavy atom. The van der Waals surface area contributed by atoms with E-state index in [0.717, 1.165) is 26.2 Å². The maximum atomic E-state index is 13.9. The maximum absolute atomic E-state index is 13.9. The van der Waals surface area contributed by atoms with E-state index in [4.69, 9.17) is 4.74 Å². The number of nitrogens with one attached hydrogen (secondary N) is 2. The molecule has 0 aliphatic carbocycles. The van der Waals surface area contributed by atoms with Gasteiger partial charge in [-0.05, 0) is 26.0 Å². The van der Waals surface area contributed by atoms with Crippen LogP contribution in [0.5, 0.6) is 0 Å². The zero-order chi connectivity index (χ0) is 29.0. The molecular formula is C24H26F3N7O4S2. The van der Waals surface area contributed by atoms with Gasteiger partial charge in [0.25, 0.3) is 5.91 Å². The second-order valence-corrected chi connectivity index (χ2v) is 10.9. The number of aromatic nitrogens is 3. The van der Waals surface area contributed by atoms with Gasteiger partial charge in [0, 0.05) is 31.6 Å². The fraction of sp³-hybridized carbons (Fsp3) is 0.417. The molecule has 0 aromatic carbocycles. The number of pyridine rings is 1. The van der Waals surface area contributed by atoms with Gasteiger partial charge in [-0.2, -0.15) is 13.2 Å². The van der Waals surface area contributed by atoms with Crippen LogP contribution in [0.4, 0.5) is 28.9 Å². The van der Waals surface area contributed by atoms with E-state index in [2.05, 4.69) is 25.6 Å². The summed E-state index contributed by atoms with van der Waals surface area (Å²) < 4.78 is 46.7. The summed E-state index contributed by atoms with van der Waals surface area (Å²) in [5, 5.41) is 8.84. The van der Waals surface area contributed by atoms with Crippen molar-refractivity contribution in [2.24, 2.45) is 0 Å². The first-order valence-corrected chi connectivity index (χ1v) is 13.8. The van der Waals surface area contributed by atoms with E-state index >= 15 is 0 Å². The number of thiazole rings is 2. The van der Waals surface area contributed by atoms with Crippen molar-refractivity contribution >= 4 is 51.5 Å². The van der Waals surface area contributed by atoms with Crippen LogP contribution in [0, 0.1) is 13.8 Å². The predicted molar refractivity (Wildman–Crippen MR) is 143 cm³/mol. The lowest BCUT2D eigenvalue weighted by molar-refractivity contribution is -0.186. The van der Waals surface area contributed by atoms with Crippen LogP contribution in [0.2, 0.25) is 0 Å². The Hall–Kier alpha value is -3.79. The molecule has 1 saturated heterocycles. The number of rotatable bonds is 7. The van der Waals surface area contributed by atoms with Crippen molar-refractivity contribution in [2.75, 3.05) is 38.1 Å². The average Bonchev–Trinajstić information content (AvgIpc) is 3.50. The molecule has 4 rings (SSSR count). The summed E-state index contributed by atoms with van der Waals surface area (Å²) in [5.74, 6) is -0.811. The highest BCUT2D eigenvalue weighted by Crippen LogP contribution is 2.33. The van der Waals surface area contributed by atoms with Crippen molar-refractivity contribution in [3.63, 3.8) is 0 Å². The van der Waals surface area contributed by atoms with Crippen molar-refractivity contribution in [1.29, 1.82) is 0 Å². The molecule has 3 amide bonds. The van der Waals surface area contributed by atoms with Crippen LogP contribution >= 0.6 is 22.7 Å². The monoisotopic (exact) mass is 597 g/mol. The Morgan fingerprint density at radius 3 is 2.58 bits per heavy atom. The molecule has 3 aromatic heterocycles. The molecule has 3 aromatic rings. The first-order chi connectivity index (χ1) is 18.9. The van der Waals surface area contributed by atoms with Gasteiger partial charge < -0.3 is 25.2 Å². The summed E-state index contributed by atoms with van der Waals surface area (Å²) in [6, 6.07) is 0.655. The topological polar surface area (TPSA) is 130 Å². The zero-order valence-corrected chi connectivity index (χ0v) is 23.4. The number of alkyl halides is 3. The number of carbonyl (C=O) groups excluding carboxylic acids is 3. The molecule has 16 heteroatoms. The molecule has 1 fully saturated rings. The van der Waals surface area contributed by atoms with Crippen LogP contribution < -0.4 is 10.6 Å². The average molecular weight is 598 g/mol. The molecule has 2 N–H and O–H groups in total. The first-order valence-electron chi connectivity index (χ1n) is 12.1. The smallest absolute Gasteiger partial charge is 0.410 e. The quantitative estimate of drug-likeness (QED) is 0.392. The second kappa shape index (κ2) is 12.2. The van der Waals surface area contributed by atoms with Crippen molar-refractivity contribution in [3.8, 4) is 10.6 Å². The minimum atomic E-state index is -4.78. The van der Waals surface area contributed by atoms with E-state index in [9.17, 15) is 27.6 Å². The van der Waals surface area contributed by atoms with Crippen LogP contribution in [0.3, 0.4) is 0 Å². The third kappa shape index (κ3) is 7.04. The molecule has 4 heterocycles. The van der Waals surface area contributed by atoms with Gasteiger partial charge in [0.15, 0.2) is 5.13 Å². The van der Waals surface area contributed by atoms with Gasteiger partial charge in [0.2, 0.25) is 5.91 Å². The predicted octanol–water partition coefficient (Wildman–Crippen LogP) is 3.98. The first kappa shape index (κ1) is 29.2. The van der Waals surface area contributed by atoms with Gasteiger partial charge in [0.1, 0.15) is 18.5 Å². The molecule has 11 nitrogen and oxygen atoms in total. The summed E-state index contributed by atoms with van der Waals surface area (Å²) in [7, 11) is 0. The summed E-state index contributed by atoms with van der Waals surface area (Å²) >= 11 is 2.90. The standard InChI is InChI=1S/C24H26F3N7O4S2/c1-13-20(40-15(3)30-13)17-12-39-22(31-17)32-19-5-4-16(10-29-19)21(36)34-8-7-33(11-18(34)24(25,26)27)23(37)38-9-6-28-14(2)35/h4-5,10,12,18H,6-9,11H2,1-3H3,(H,28,35)(H,29,31,32). The van der Waals surface area contributed by atoms with Crippen LogP contribution in [-0.2, 0) is 9.53 Å². The third-order valence-electron chi connectivity index (χ3n) is 5.86. The Labute approximate surface area is 235 Å². The van der Waals surface area contributed by atoms with E-state index in [-0.39, 0.29) is 37.7 Å². The van der Waals surface area contributed by atoms with E-state index in [1.54, 1.807) is 0 Å². The largest absolute Gasteiger partial charge is 0.448 e. The van der Waals surface area contributed by atoms with Crippen molar-refractivity contribution in [1.82, 2.24) is 30.1 Å². The highest BCUT2D eigenvalue weighted by molar-refractivity contribution is 7.16. The van der Waals surface area contributed by atoms with Gasteiger partial charge >= 0.3 is 12.3 Å². The van der Waals surface area contributed by atoms with Gasteiger partial charge in [0.05, 0.1) is 39.9 Å². The molecule has 214 valence electrons. The summed E-state index contributed by atoms with van der Waals surface area (Å²) in [6.45, 7) is 3.71. The normalized spacial score (nSPS) is 15.6. The number of amides is 3. The molecule has 1 unspecified atom stereocenters. The van der Waals surface area contributed by atoms with Gasteiger partial charge in [-0.3, -0.25) is 9.59 Å². The molecular weight excluding hydrogens is 571 g/mol. The number of halogens is 3. The number of hydrogen-bond donors (Lipinski definition) is 2. The second-order valence-electron chi connectivity index (χ2n) is 8.84. The highest BCUT2D eigenvalue weighted by Gasteiger charge is 2.49. The zero-order valence-electron chi connectivity index (χ0n) is 21.7. The summed E-state index contributed by atoms with van der Waals surface area (Å²) in [6.07, 6.45) is -4.53. The molecule has 0 saturated carbocycles. The number of hydrogen-bond acceptors (Lipinski definition) is 10. The maximum Gasteiger partial charge on any atom is 0.410 e. The summed E-state index contributed by atoms with van der Waals surface area (Å²) in [5.41, 5.74) is 1.63. The van der Waals surface area contributed by atoms with Gasteiger partial charge in [-0.25, -0.2) is 19.7 Å². The lowest BCUT2D eigenvalue weighted by Gasteiger charge is -2.41. The molecule has 1 aliphatic heterocycles. The van der Waals surface area contributed by atoms with Crippen LogP contribution in [0.1, 0.15) is 28.0 Å². The minimum Gasteiger partial charge on any atom is -0.448 e. The Morgan fingerprint density at radius 2 is 1.95 bits per heavy atom. The van der Waals surface area contributed by atoms with Crippen molar-refractivity contribution in [2.45, 2.75) is 33.0 Å². The molecule has 1 aliphatic rings. The molecule has 0 spiro atoms. The number of piperazine rings is 1. The molecule has 40 heavy (non-hydrogen) atoms. The van der Waals surface area contributed by atoms with Crippen LogP contribution in [0.15, 0.2) is 23.7 Å². The SMILES string of the molecule is CC(=O)NCCOC(=O)N1CCN(C(=O)c2ccc(Nc3nc(-c4sc(C)nc4C)cs3)nc2)C(C(F)(F)F)C1. The van der Waals surface area contributed by atoms with Crippen molar-refractivity contribution in [3.05, 3.63) is 40.0 Å². The van der Waals surface area contributed by atoms with E-state index in [1.807, 2.05) is 19.2 Å². The number of anilines is 2. The molecule has 1 atom stereocenters. The van der Waals surface area contributed by atoms with E-state index < -0.39 is 30.8 Å². The fourth-order valence-electron chi connectivity index (χ4n) is 4.00. The Balaban J connectivity index is 1.39. The van der Waals surface area contributed by atoms with Crippen molar-refractivity contribution < 1.29 is 32.3 Å². The highest BCUT2D eigenvalue weighted by atomic mass is 32.1. The van der Waals surface area contributed by atoms with E-state index in [1.165, 1.54) is 47.9 Å².